The van der Waals surface area contributed by atoms with Gasteiger partial charge in [0.1, 0.15) is 0 Å². The molecule has 5 heteroatoms. The average molecular weight is 294 g/mol. The normalized spacial score (nSPS) is 12.4. The van der Waals surface area contributed by atoms with E-state index in [0.717, 1.165) is 11.0 Å². The minimum absolute atomic E-state index is 0.239. The van der Waals surface area contributed by atoms with Crippen molar-refractivity contribution in [3.8, 4) is 0 Å². The quantitative estimate of drug-likeness (QED) is 0.503. The highest BCUT2D eigenvalue weighted by Crippen LogP contribution is 2.25. The number of hydrogen-bond donors (Lipinski definition) is 2. The summed E-state index contributed by atoms with van der Waals surface area (Å²) in [6.07, 6.45) is 0. The van der Waals surface area contributed by atoms with Crippen LogP contribution < -0.4 is 11.3 Å². The molecule has 0 aliphatic carbocycles. The molecule has 2 nitrogen and oxygen atoms in total. The van der Waals surface area contributed by atoms with Crippen molar-refractivity contribution in [2.75, 3.05) is 5.75 Å². The molecule has 0 aliphatic rings. The molecule has 1 atom stereocenters. The van der Waals surface area contributed by atoms with E-state index >= 15 is 0 Å². The first-order valence-electron chi connectivity index (χ1n) is 6.20. The van der Waals surface area contributed by atoms with Crippen LogP contribution >= 0.6 is 11.8 Å². The van der Waals surface area contributed by atoms with Crippen LogP contribution in [0.5, 0.6) is 0 Å². The van der Waals surface area contributed by atoms with Gasteiger partial charge in [0.15, 0.2) is 11.6 Å². The molecule has 0 aliphatic heterocycles. The van der Waals surface area contributed by atoms with Gasteiger partial charge in [0.05, 0.1) is 6.04 Å². The van der Waals surface area contributed by atoms with Crippen LogP contribution in [0.1, 0.15) is 17.2 Å². The van der Waals surface area contributed by atoms with Gasteiger partial charge in [-0.2, -0.15) is 0 Å². The van der Waals surface area contributed by atoms with Gasteiger partial charge in [0.25, 0.3) is 0 Å². The molecule has 0 spiro atoms. The summed E-state index contributed by atoms with van der Waals surface area (Å²) in [7, 11) is 0. The van der Waals surface area contributed by atoms with E-state index < -0.39 is 11.6 Å². The van der Waals surface area contributed by atoms with Crippen molar-refractivity contribution in [3.63, 3.8) is 0 Å². The van der Waals surface area contributed by atoms with E-state index in [-0.39, 0.29) is 6.04 Å². The SMILES string of the molecule is Cc1ccc(SCC(NN)c2ccc(F)c(F)c2)cc1. The van der Waals surface area contributed by atoms with Crippen molar-refractivity contribution in [1.82, 2.24) is 5.43 Å². The maximum Gasteiger partial charge on any atom is 0.159 e. The first-order chi connectivity index (χ1) is 9.60. The van der Waals surface area contributed by atoms with E-state index in [0.29, 0.717) is 11.3 Å². The van der Waals surface area contributed by atoms with Crippen molar-refractivity contribution in [2.24, 2.45) is 5.84 Å². The van der Waals surface area contributed by atoms with Gasteiger partial charge in [-0.15, -0.1) is 11.8 Å². The van der Waals surface area contributed by atoms with E-state index in [2.05, 4.69) is 5.43 Å². The molecule has 3 N–H and O–H groups in total. The highest BCUT2D eigenvalue weighted by Gasteiger charge is 2.13. The second-order valence-electron chi connectivity index (χ2n) is 4.52. The number of benzene rings is 2. The summed E-state index contributed by atoms with van der Waals surface area (Å²) in [6.45, 7) is 2.03. The molecular weight excluding hydrogens is 278 g/mol. The smallest absolute Gasteiger partial charge is 0.159 e. The predicted molar refractivity (Wildman–Crippen MR) is 78.3 cm³/mol. The van der Waals surface area contributed by atoms with E-state index in [1.807, 2.05) is 31.2 Å². The molecule has 0 amide bonds. The zero-order valence-electron chi connectivity index (χ0n) is 11.1. The molecule has 106 valence electrons. The molecule has 2 aromatic carbocycles. The molecule has 0 aromatic heterocycles. The average Bonchev–Trinajstić information content (AvgIpc) is 2.45. The Morgan fingerprint density at radius 3 is 2.40 bits per heavy atom. The minimum atomic E-state index is -0.858. The fourth-order valence-corrected chi connectivity index (χ4v) is 2.76. The number of thioether (sulfide) groups is 1. The minimum Gasteiger partial charge on any atom is -0.271 e. The van der Waals surface area contributed by atoms with Crippen molar-refractivity contribution < 1.29 is 8.78 Å². The number of halogens is 2. The Morgan fingerprint density at radius 1 is 1.10 bits per heavy atom. The topological polar surface area (TPSA) is 38.0 Å². The van der Waals surface area contributed by atoms with Gasteiger partial charge < -0.3 is 0 Å². The van der Waals surface area contributed by atoms with Crippen molar-refractivity contribution in [3.05, 3.63) is 65.2 Å². The highest BCUT2D eigenvalue weighted by molar-refractivity contribution is 7.99. The van der Waals surface area contributed by atoms with Gasteiger partial charge in [-0.05, 0) is 36.8 Å². The molecule has 0 heterocycles. The molecule has 0 saturated heterocycles. The Balaban J connectivity index is 2.05. The summed E-state index contributed by atoms with van der Waals surface area (Å²) in [5, 5.41) is 0. The summed E-state index contributed by atoms with van der Waals surface area (Å²) in [4.78, 5) is 1.11. The molecule has 2 rings (SSSR count). The Kier molecular flexibility index (Phi) is 5.11. The van der Waals surface area contributed by atoms with E-state index in [1.165, 1.54) is 11.6 Å². The first kappa shape index (κ1) is 15.0. The summed E-state index contributed by atoms with van der Waals surface area (Å²) in [5.74, 6) is 4.42. The van der Waals surface area contributed by atoms with Crippen molar-refractivity contribution in [1.29, 1.82) is 0 Å². The summed E-state index contributed by atoms with van der Waals surface area (Å²) in [5.41, 5.74) is 4.46. The van der Waals surface area contributed by atoms with Gasteiger partial charge in [0.2, 0.25) is 0 Å². The lowest BCUT2D eigenvalue weighted by molar-refractivity contribution is 0.502. The molecule has 1 unspecified atom stereocenters. The monoisotopic (exact) mass is 294 g/mol. The maximum atomic E-state index is 13.2. The lowest BCUT2D eigenvalue weighted by Gasteiger charge is -2.16. The van der Waals surface area contributed by atoms with E-state index in [4.69, 9.17) is 5.84 Å². The Labute approximate surface area is 121 Å². The van der Waals surface area contributed by atoms with Gasteiger partial charge >= 0.3 is 0 Å². The molecule has 0 fully saturated rings. The van der Waals surface area contributed by atoms with Gasteiger partial charge in [-0.1, -0.05) is 23.8 Å². The Hall–Kier alpha value is -1.43. The van der Waals surface area contributed by atoms with E-state index in [1.54, 1.807) is 17.8 Å². The lowest BCUT2D eigenvalue weighted by atomic mass is 10.1. The standard InChI is InChI=1S/C15H16F2N2S/c1-10-2-5-12(6-3-10)20-9-15(19-18)11-4-7-13(16)14(17)8-11/h2-8,15,19H,9,18H2,1H3. The van der Waals surface area contributed by atoms with Gasteiger partial charge in [0, 0.05) is 10.6 Å². The lowest BCUT2D eigenvalue weighted by Crippen LogP contribution is -2.29. The third kappa shape index (κ3) is 3.79. The number of aryl methyl sites for hydroxylation is 1. The predicted octanol–water partition coefficient (Wildman–Crippen LogP) is 3.57. The van der Waals surface area contributed by atoms with Crippen molar-refractivity contribution >= 4 is 11.8 Å². The zero-order valence-corrected chi connectivity index (χ0v) is 11.9. The second kappa shape index (κ2) is 6.83. The third-order valence-electron chi connectivity index (χ3n) is 2.98. The second-order valence-corrected chi connectivity index (χ2v) is 5.61. The van der Waals surface area contributed by atoms with E-state index in [9.17, 15) is 8.78 Å². The Bertz CT molecular complexity index is 573. The van der Waals surface area contributed by atoms with Crippen LogP contribution in [0.15, 0.2) is 47.4 Å². The number of hydrogen-bond acceptors (Lipinski definition) is 3. The van der Waals surface area contributed by atoms with Crippen LogP contribution in [0.3, 0.4) is 0 Å². The molecule has 2 aromatic rings. The first-order valence-corrected chi connectivity index (χ1v) is 7.19. The van der Waals surface area contributed by atoms with Crippen LogP contribution in [0.25, 0.3) is 0 Å². The Morgan fingerprint density at radius 2 is 1.80 bits per heavy atom. The molecular formula is C15H16F2N2S. The summed E-state index contributed by atoms with van der Waals surface area (Å²) in [6, 6.07) is 11.7. The van der Waals surface area contributed by atoms with Gasteiger partial charge in [-0.3, -0.25) is 11.3 Å². The van der Waals surface area contributed by atoms with Crippen LogP contribution in [0, 0.1) is 18.6 Å². The molecule has 0 radical (unpaired) electrons. The van der Waals surface area contributed by atoms with Gasteiger partial charge in [-0.25, -0.2) is 8.78 Å². The summed E-state index contributed by atoms with van der Waals surface area (Å²) >= 11 is 1.61. The fourth-order valence-electron chi connectivity index (χ4n) is 1.78. The zero-order chi connectivity index (χ0) is 14.5. The number of nitrogens with one attached hydrogen (secondary N) is 1. The third-order valence-corrected chi connectivity index (χ3v) is 4.09. The fraction of sp³-hybridized carbons (Fsp3) is 0.200. The van der Waals surface area contributed by atoms with Crippen LogP contribution in [-0.2, 0) is 0 Å². The number of nitrogens with two attached hydrogens (primary N) is 1. The highest BCUT2D eigenvalue weighted by atomic mass is 32.2. The molecule has 0 bridgehead atoms. The maximum absolute atomic E-state index is 13.2. The summed E-state index contributed by atoms with van der Waals surface area (Å²) < 4.78 is 26.2. The van der Waals surface area contributed by atoms with Crippen molar-refractivity contribution in [2.45, 2.75) is 17.9 Å². The van der Waals surface area contributed by atoms with Crippen LogP contribution in [-0.4, -0.2) is 5.75 Å². The number of hydrazine groups is 1. The van der Waals surface area contributed by atoms with Crippen LogP contribution in [0.2, 0.25) is 0 Å². The number of rotatable bonds is 5. The molecule has 20 heavy (non-hydrogen) atoms. The van der Waals surface area contributed by atoms with Crippen LogP contribution in [0.4, 0.5) is 8.78 Å². The molecule has 0 saturated carbocycles. The largest absolute Gasteiger partial charge is 0.271 e.